The normalized spacial score (nSPS) is 11.2. The lowest BCUT2D eigenvalue weighted by Crippen LogP contribution is -2.32. The van der Waals surface area contributed by atoms with Crippen LogP contribution in [-0.4, -0.2) is 17.4 Å². The van der Waals surface area contributed by atoms with Crippen LogP contribution < -0.4 is 11.1 Å². The first kappa shape index (κ1) is 15.0. The lowest BCUT2D eigenvalue weighted by atomic mass is 10.2. The van der Waals surface area contributed by atoms with Crippen molar-refractivity contribution in [3.8, 4) is 0 Å². The number of hydrogen-bond acceptors (Lipinski definition) is 3. The molecule has 1 aromatic carbocycles. The highest BCUT2D eigenvalue weighted by molar-refractivity contribution is 6.31. The molecule has 0 heterocycles. The Morgan fingerprint density at radius 2 is 2.32 bits per heavy atom. The molecular formula is C12H15ClN4O2. The number of nitrogens with one attached hydrogen (secondary N) is 1. The van der Waals surface area contributed by atoms with Gasteiger partial charge in [0.2, 0.25) is 0 Å². The lowest BCUT2D eigenvalue weighted by molar-refractivity contribution is -0.384. The Bertz CT molecular complexity index is 528. The molecular weight excluding hydrogens is 268 g/mol. The summed E-state index contributed by atoms with van der Waals surface area (Å²) in [5.41, 5.74) is 7.20. The summed E-state index contributed by atoms with van der Waals surface area (Å²) in [6.07, 6.45) is 0. The van der Waals surface area contributed by atoms with E-state index in [4.69, 9.17) is 17.3 Å². The topological polar surface area (TPSA) is 93.5 Å². The predicted octanol–water partition coefficient (Wildman–Crippen LogP) is 2.23. The Balaban J connectivity index is 2.70. The van der Waals surface area contributed by atoms with Crippen LogP contribution in [0.4, 0.5) is 5.69 Å². The van der Waals surface area contributed by atoms with Crippen LogP contribution >= 0.6 is 11.6 Å². The molecule has 0 saturated heterocycles. The maximum atomic E-state index is 10.6. The van der Waals surface area contributed by atoms with Gasteiger partial charge in [-0.1, -0.05) is 23.8 Å². The van der Waals surface area contributed by atoms with E-state index in [1.807, 2.05) is 6.92 Å². The quantitative estimate of drug-likeness (QED) is 0.285. The third-order valence-corrected chi connectivity index (χ3v) is 2.59. The van der Waals surface area contributed by atoms with Crippen LogP contribution in [0.2, 0.25) is 5.02 Å². The van der Waals surface area contributed by atoms with Crippen molar-refractivity contribution >= 4 is 23.2 Å². The van der Waals surface area contributed by atoms with Crippen molar-refractivity contribution in [1.82, 2.24) is 5.32 Å². The van der Waals surface area contributed by atoms with E-state index in [0.717, 1.165) is 5.57 Å². The molecule has 0 unspecified atom stereocenters. The van der Waals surface area contributed by atoms with E-state index in [9.17, 15) is 10.1 Å². The second kappa shape index (κ2) is 6.75. The van der Waals surface area contributed by atoms with Crippen LogP contribution in [0.1, 0.15) is 12.5 Å². The second-order valence-corrected chi connectivity index (χ2v) is 4.45. The minimum atomic E-state index is -0.498. The standard InChI is InChI=1S/C12H15ClN4O2/c1-8(2)6-15-12(14)16-7-9-3-4-10(17(18)19)5-11(9)13/h3-5H,1,6-7H2,2H3,(H3,14,15,16). The number of aliphatic imine (C=N–C) groups is 1. The smallest absolute Gasteiger partial charge is 0.270 e. The molecule has 0 atom stereocenters. The van der Waals surface area contributed by atoms with Gasteiger partial charge in [0.05, 0.1) is 16.5 Å². The van der Waals surface area contributed by atoms with Crippen LogP contribution in [0.5, 0.6) is 0 Å². The van der Waals surface area contributed by atoms with Crippen LogP contribution in [0, 0.1) is 10.1 Å². The SMILES string of the molecule is C=C(C)CNC(N)=NCc1ccc([N+](=O)[O-])cc1Cl. The summed E-state index contributed by atoms with van der Waals surface area (Å²) in [6, 6.07) is 4.24. The van der Waals surface area contributed by atoms with Gasteiger partial charge in [0.25, 0.3) is 5.69 Å². The molecule has 0 aliphatic heterocycles. The monoisotopic (exact) mass is 282 g/mol. The molecule has 3 N–H and O–H groups in total. The van der Waals surface area contributed by atoms with E-state index in [1.165, 1.54) is 12.1 Å². The van der Waals surface area contributed by atoms with Gasteiger partial charge in [0, 0.05) is 18.7 Å². The molecule has 0 saturated carbocycles. The minimum absolute atomic E-state index is 0.0499. The van der Waals surface area contributed by atoms with Crippen molar-refractivity contribution in [3.63, 3.8) is 0 Å². The third kappa shape index (κ3) is 4.97. The summed E-state index contributed by atoms with van der Waals surface area (Å²) >= 11 is 5.94. The molecule has 1 aromatic rings. The maximum Gasteiger partial charge on any atom is 0.270 e. The minimum Gasteiger partial charge on any atom is -0.370 e. The summed E-state index contributed by atoms with van der Waals surface area (Å²) in [6.45, 7) is 6.40. The van der Waals surface area contributed by atoms with Crippen molar-refractivity contribution in [3.05, 3.63) is 51.1 Å². The molecule has 0 fully saturated rings. The Morgan fingerprint density at radius 1 is 1.63 bits per heavy atom. The maximum absolute atomic E-state index is 10.6. The van der Waals surface area contributed by atoms with Gasteiger partial charge >= 0.3 is 0 Å². The number of guanidine groups is 1. The summed E-state index contributed by atoms with van der Waals surface area (Å²) in [5.74, 6) is 0.275. The van der Waals surface area contributed by atoms with Crippen molar-refractivity contribution in [2.45, 2.75) is 13.5 Å². The van der Waals surface area contributed by atoms with E-state index in [2.05, 4.69) is 16.9 Å². The molecule has 0 radical (unpaired) electrons. The number of nitro groups is 1. The molecule has 7 heteroatoms. The molecule has 19 heavy (non-hydrogen) atoms. The molecule has 1 rings (SSSR count). The van der Waals surface area contributed by atoms with Crippen LogP contribution in [0.3, 0.4) is 0 Å². The van der Waals surface area contributed by atoms with Crippen molar-refractivity contribution in [2.24, 2.45) is 10.7 Å². The summed E-state index contributed by atoms with van der Waals surface area (Å²) < 4.78 is 0. The number of hydrogen-bond donors (Lipinski definition) is 2. The number of halogens is 1. The summed E-state index contributed by atoms with van der Waals surface area (Å²) in [4.78, 5) is 14.2. The van der Waals surface area contributed by atoms with Crippen molar-refractivity contribution in [1.29, 1.82) is 0 Å². The predicted molar refractivity (Wildman–Crippen MR) is 76.2 cm³/mol. The zero-order chi connectivity index (χ0) is 14.4. The van der Waals surface area contributed by atoms with E-state index in [-0.39, 0.29) is 18.2 Å². The number of nitrogens with zero attached hydrogens (tertiary/aromatic N) is 2. The summed E-state index contributed by atoms with van der Waals surface area (Å²) in [7, 11) is 0. The fourth-order valence-electron chi connectivity index (χ4n) is 1.25. The molecule has 0 aliphatic rings. The molecule has 0 aromatic heterocycles. The zero-order valence-corrected chi connectivity index (χ0v) is 11.3. The van der Waals surface area contributed by atoms with Gasteiger partial charge in [-0.3, -0.25) is 10.1 Å². The first-order valence-electron chi connectivity index (χ1n) is 5.51. The Labute approximate surface area is 116 Å². The highest BCUT2D eigenvalue weighted by Gasteiger charge is 2.08. The fraction of sp³-hybridized carbons (Fsp3) is 0.250. The Hall–Kier alpha value is -2.08. The first-order chi connectivity index (χ1) is 8.90. The van der Waals surface area contributed by atoms with Gasteiger partial charge in [-0.15, -0.1) is 0 Å². The number of nitrogens with two attached hydrogens (primary N) is 1. The fourth-order valence-corrected chi connectivity index (χ4v) is 1.48. The van der Waals surface area contributed by atoms with E-state index >= 15 is 0 Å². The number of non-ortho nitro benzene ring substituents is 1. The molecule has 0 amide bonds. The van der Waals surface area contributed by atoms with Crippen LogP contribution in [0.15, 0.2) is 35.3 Å². The van der Waals surface area contributed by atoms with Gasteiger partial charge in [-0.2, -0.15) is 0 Å². The lowest BCUT2D eigenvalue weighted by Gasteiger charge is -2.05. The van der Waals surface area contributed by atoms with Crippen molar-refractivity contribution < 1.29 is 4.92 Å². The van der Waals surface area contributed by atoms with E-state index < -0.39 is 4.92 Å². The van der Waals surface area contributed by atoms with E-state index in [1.54, 1.807) is 6.07 Å². The third-order valence-electron chi connectivity index (χ3n) is 2.24. The average molecular weight is 283 g/mol. The molecule has 102 valence electrons. The van der Waals surface area contributed by atoms with Gasteiger partial charge < -0.3 is 11.1 Å². The van der Waals surface area contributed by atoms with Gasteiger partial charge in [0.1, 0.15) is 0 Å². The van der Waals surface area contributed by atoms with Crippen LogP contribution in [-0.2, 0) is 6.54 Å². The Kier molecular flexibility index (Phi) is 5.32. The van der Waals surface area contributed by atoms with Gasteiger partial charge in [0.15, 0.2) is 5.96 Å². The molecule has 0 aliphatic carbocycles. The second-order valence-electron chi connectivity index (χ2n) is 4.04. The highest BCUT2D eigenvalue weighted by atomic mass is 35.5. The zero-order valence-electron chi connectivity index (χ0n) is 10.5. The highest BCUT2D eigenvalue weighted by Crippen LogP contribution is 2.22. The molecule has 0 spiro atoms. The summed E-state index contributed by atoms with van der Waals surface area (Å²) in [5, 5.41) is 13.7. The number of nitro benzene ring substituents is 1. The van der Waals surface area contributed by atoms with Crippen molar-refractivity contribution in [2.75, 3.05) is 6.54 Å². The van der Waals surface area contributed by atoms with Gasteiger partial charge in [-0.05, 0) is 18.6 Å². The Morgan fingerprint density at radius 3 is 2.84 bits per heavy atom. The molecule has 6 nitrogen and oxygen atoms in total. The molecule has 0 bridgehead atoms. The number of benzene rings is 1. The van der Waals surface area contributed by atoms with E-state index in [0.29, 0.717) is 17.1 Å². The number of rotatable bonds is 5. The first-order valence-corrected chi connectivity index (χ1v) is 5.89. The largest absolute Gasteiger partial charge is 0.370 e. The van der Waals surface area contributed by atoms with Crippen LogP contribution in [0.25, 0.3) is 0 Å². The average Bonchev–Trinajstić information content (AvgIpc) is 2.34. The van der Waals surface area contributed by atoms with Gasteiger partial charge in [-0.25, -0.2) is 4.99 Å².